The van der Waals surface area contributed by atoms with Gasteiger partial charge in [-0.2, -0.15) is 13.2 Å². The topological polar surface area (TPSA) is 58.4 Å². The molecule has 118 valence electrons. The van der Waals surface area contributed by atoms with Crippen LogP contribution in [0.3, 0.4) is 0 Å². The molecule has 7 heteroatoms. The van der Waals surface area contributed by atoms with Crippen LogP contribution in [-0.4, -0.2) is 36.1 Å². The van der Waals surface area contributed by atoms with Gasteiger partial charge < -0.3 is 11.1 Å². The standard InChI is InChI=1S/C14H20F3N3O/c1-9(2)20(8-14(15,16)17)7-12(21)19-13-10(3)5-4-6-11(13)18/h4-6,9H,7-8,18H2,1-3H3,(H,19,21). The first kappa shape index (κ1) is 17.3. The Labute approximate surface area is 122 Å². The Morgan fingerprint density at radius 1 is 1.38 bits per heavy atom. The highest BCUT2D eigenvalue weighted by atomic mass is 19.4. The highest BCUT2D eigenvalue weighted by molar-refractivity contribution is 5.96. The molecule has 1 aromatic rings. The van der Waals surface area contributed by atoms with E-state index in [-0.39, 0.29) is 6.54 Å². The van der Waals surface area contributed by atoms with Gasteiger partial charge >= 0.3 is 6.18 Å². The number of hydrogen-bond acceptors (Lipinski definition) is 3. The van der Waals surface area contributed by atoms with Crippen LogP contribution in [0.25, 0.3) is 0 Å². The van der Waals surface area contributed by atoms with Gasteiger partial charge in [0.1, 0.15) is 0 Å². The Kier molecular flexibility index (Phi) is 5.60. The number of nitrogen functional groups attached to an aromatic ring is 1. The molecule has 21 heavy (non-hydrogen) atoms. The predicted molar refractivity (Wildman–Crippen MR) is 77.0 cm³/mol. The van der Waals surface area contributed by atoms with E-state index >= 15 is 0 Å². The van der Waals surface area contributed by atoms with Crippen molar-refractivity contribution in [1.29, 1.82) is 0 Å². The van der Waals surface area contributed by atoms with Gasteiger partial charge in [-0.25, -0.2) is 0 Å². The van der Waals surface area contributed by atoms with Crippen molar-refractivity contribution >= 4 is 17.3 Å². The second-order valence-electron chi connectivity index (χ2n) is 5.20. The molecule has 0 aromatic heterocycles. The Balaban J connectivity index is 2.75. The minimum Gasteiger partial charge on any atom is -0.397 e. The van der Waals surface area contributed by atoms with Gasteiger partial charge in [-0.1, -0.05) is 12.1 Å². The number of carbonyl (C=O) groups is 1. The number of nitrogens with zero attached hydrogens (tertiary/aromatic N) is 1. The van der Waals surface area contributed by atoms with Crippen LogP contribution in [0.2, 0.25) is 0 Å². The second-order valence-corrected chi connectivity index (χ2v) is 5.20. The van der Waals surface area contributed by atoms with Gasteiger partial charge in [0.25, 0.3) is 0 Å². The van der Waals surface area contributed by atoms with Crippen molar-refractivity contribution in [1.82, 2.24) is 4.90 Å². The van der Waals surface area contributed by atoms with Crippen molar-refractivity contribution in [3.63, 3.8) is 0 Å². The average Bonchev–Trinajstić information content (AvgIpc) is 2.31. The molecule has 0 spiro atoms. The lowest BCUT2D eigenvalue weighted by atomic mass is 10.1. The molecule has 1 aromatic carbocycles. The van der Waals surface area contributed by atoms with E-state index in [2.05, 4.69) is 5.32 Å². The van der Waals surface area contributed by atoms with Gasteiger partial charge in [0.15, 0.2) is 0 Å². The SMILES string of the molecule is Cc1cccc(N)c1NC(=O)CN(CC(F)(F)F)C(C)C. The molecule has 4 nitrogen and oxygen atoms in total. The molecule has 0 aliphatic heterocycles. The predicted octanol–water partition coefficient (Wildman–Crippen LogP) is 2.79. The molecule has 3 N–H and O–H groups in total. The summed E-state index contributed by atoms with van der Waals surface area (Å²) >= 11 is 0. The summed E-state index contributed by atoms with van der Waals surface area (Å²) < 4.78 is 37.4. The summed E-state index contributed by atoms with van der Waals surface area (Å²) in [5.74, 6) is -0.519. The smallest absolute Gasteiger partial charge is 0.397 e. The van der Waals surface area contributed by atoms with E-state index in [0.717, 1.165) is 10.5 Å². The number of carbonyl (C=O) groups excluding carboxylic acids is 1. The Bertz CT molecular complexity index is 480. The Hall–Kier alpha value is -1.76. The molecule has 1 amide bonds. The molecule has 0 aliphatic rings. The number of hydrogen-bond donors (Lipinski definition) is 2. The summed E-state index contributed by atoms with van der Waals surface area (Å²) in [6.07, 6.45) is -4.34. The zero-order chi connectivity index (χ0) is 16.2. The van der Waals surface area contributed by atoms with E-state index in [1.54, 1.807) is 39.0 Å². The maximum Gasteiger partial charge on any atom is 0.401 e. The largest absolute Gasteiger partial charge is 0.401 e. The summed E-state index contributed by atoms with van der Waals surface area (Å²) in [5, 5.41) is 2.58. The lowest BCUT2D eigenvalue weighted by Gasteiger charge is -2.26. The second kappa shape index (κ2) is 6.80. The number of anilines is 2. The number of aryl methyl sites for hydroxylation is 1. The minimum atomic E-state index is -4.34. The van der Waals surface area contributed by atoms with Gasteiger partial charge in [-0.15, -0.1) is 0 Å². The van der Waals surface area contributed by atoms with E-state index in [1.165, 1.54) is 0 Å². The van der Waals surface area contributed by atoms with Gasteiger partial charge in [0, 0.05) is 6.04 Å². The van der Waals surface area contributed by atoms with Gasteiger partial charge in [-0.3, -0.25) is 9.69 Å². The van der Waals surface area contributed by atoms with Gasteiger partial charge in [0.05, 0.1) is 24.5 Å². The molecule has 0 heterocycles. The third-order valence-corrected chi connectivity index (χ3v) is 3.03. The van der Waals surface area contributed by atoms with Crippen LogP contribution in [0, 0.1) is 6.92 Å². The van der Waals surface area contributed by atoms with E-state index in [0.29, 0.717) is 11.4 Å². The number of alkyl halides is 3. The molecule has 0 atom stereocenters. The number of halogens is 3. The number of benzene rings is 1. The molecular weight excluding hydrogens is 283 g/mol. The van der Waals surface area contributed by atoms with Crippen molar-refractivity contribution in [2.24, 2.45) is 0 Å². The van der Waals surface area contributed by atoms with E-state index < -0.39 is 24.7 Å². The summed E-state index contributed by atoms with van der Waals surface area (Å²) in [4.78, 5) is 13.0. The van der Waals surface area contributed by atoms with Crippen LogP contribution in [0.5, 0.6) is 0 Å². The van der Waals surface area contributed by atoms with Gasteiger partial charge in [-0.05, 0) is 32.4 Å². The van der Waals surface area contributed by atoms with E-state index in [1.807, 2.05) is 0 Å². The summed E-state index contributed by atoms with van der Waals surface area (Å²) in [5.41, 5.74) is 7.34. The molecule has 1 rings (SSSR count). The maximum absolute atomic E-state index is 12.5. The highest BCUT2D eigenvalue weighted by Gasteiger charge is 2.32. The fourth-order valence-corrected chi connectivity index (χ4v) is 1.88. The molecule has 0 saturated carbocycles. The Morgan fingerprint density at radius 2 is 2.00 bits per heavy atom. The number of nitrogens with one attached hydrogen (secondary N) is 1. The minimum absolute atomic E-state index is 0.342. The third kappa shape index (κ3) is 5.63. The fourth-order valence-electron chi connectivity index (χ4n) is 1.88. The first-order valence-corrected chi connectivity index (χ1v) is 6.56. The Morgan fingerprint density at radius 3 is 2.48 bits per heavy atom. The highest BCUT2D eigenvalue weighted by Crippen LogP contribution is 2.23. The normalized spacial score (nSPS) is 12.0. The number of rotatable bonds is 5. The lowest BCUT2D eigenvalue weighted by molar-refractivity contribution is -0.151. The van der Waals surface area contributed by atoms with Crippen LogP contribution in [0.4, 0.5) is 24.5 Å². The fraction of sp³-hybridized carbons (Fsp3) is 0.500. The molecule has 0 unspecified atom stereocenters. The zero-order valence-corrected chi connectivity index (χ0v) is 12.3. The quantitative estimate of drug-likeness (QED) is 0.822. The summed E-state index contributed by atoms with van der Waals surface area (Å²) in [6.45, 7) is 3.52. The van der Waals surface area contributed by atoms with Crippen LogP contribution in [0.1, 0.15) is 19.4 Å². The molecule has 0 saturated heterocycles. The van der Waals surface area contributed by atoms with Crippen molar-refractivity contribution in [3.05, 3.63) is 23.8 Å². The first-order valence-electron chi connectivity index (χ1n) is 6.56. The molecular formula is C14H20F3N3O. The number of nitrogens with two attached hydrogens (primary N) is 1. The van der Waals surface area contributed by atoms with E-state index in [4.69, 9.17) is 5.73 Å². The van der Waals surface area contributed by atoms with Crippen LogP contribution in [0.15, 0.2) is 18.2 Å². The van der Waals surface area contributed by atoms with Crippen LogP contribution < -0.4 is 11.1 Å². The zero-order valence-electron chi connectivity index (χ0n) is 12.3. The maximum atomic E-state index is 12.5. The first-order chi connectivity index (χ1) is 9.60. The average molecular weight is 303 g/mol. The molecule has 0 aliphatic carbocycles. The number of amides is 1. The van der Waals surface area contributed by atoms with Crippen LogP contribution >= 0.6 is 0 Å². The summed E-state index contributed by atoms with van der Waals surface area (Å²) in [7, 11) is 0. The number of para-hydroxylation sites is 1. The van der Waals surface area contributed by atoms with Crippen molar-refractivity contribution < 1.29 is 18.0 Å². The molecule has 0 bridgehead atoms. The monoisotopic (exact) mass is 303 g/mol. The van der Waals surface area contributed by atoms with Crippen molar-refractivity contribution in [2.45, 2.75) is 33.0 Å². The lowest BCUT2D eigenvalue weighted by Crippen LogP contribution is -2.43. The molecule has 0 radical (unpaired) electrons. The third-order valence-electron chi connectivity index (χ3n) is 3.03. The van der Waals surface area contributed by atoms with Crippen LogP contribution in [-0.2, 0) is 4.79 Å². The van der Waals surface area contributed by atoms with Crippen molar-refractivity contribution in [3.8, 4) is 0 Å². The summed E-state index contributed by atoms with van der Waals surface area (Å²) in [6, 6.07) is 4.73. The van der Waals surface area contributed by atoms with Gasteiger partial charge in [0.2, 0.25) is 5.91 Å². The van der Waals surface area contributed by atoms with E-state index in [9.17, 15) is 18.0 Å². The van der Waals surface area contributed by atoms with Crippen molar-refractivity contribution in [2.75, 3.05) is 24.1 Å². The molecule has 0 fully saturated rings.